The minimum absolute atomic E-state index is 0.0867. The summed E-state index contributed by atoms with van der Waals surface area (Å²) in [6.07, 6.45) is 1.10. The molecule has 0 aliphatic heterocycles. The van der Waals surface area contributed by atoms with Crippen molar-refractivity contribution in [2.45, 2.75) is 18.4 Å². The summed E-state index contributed by atoms with van der Waals surface area (Å²) < 4.78 is 26.3. The predicted octanol–water partition coefficient (Wildman–Crippen LogP) is 1.27. The molecular weight excluding hydrogens is 310 g/mol. The first-order valence-corrected chi connectivity index (χ1v) is 7.91. The van der Waals surface area contributed by atoms with Gasteiger partial charge in [-0.05, 0) is 13.0 Å². The number of sulfonamides is 1. The van der Waals surface area contributed by atoms with Gasteiger partial charge in [-0.15, -0.1) is 11.3 Å². The lowest BCUT2D eigenvalue weighted by atomic mass is 10.5. The quantitative estimate of drug-likeness (QED) is 0.887. The smallest absolute Gasteiger partial charge is 0.266 e. The lowest BCUT2D eigenvalue weighted by Crippen LogP contribution is -2.24. The number of aromatic nitrogens is 2. The van der Waals surface area contributed by atoms with E-state index >= 15 is 0 Å². The first kappa shape index (κ1) is 14.2. The molecule has 2 aromatic heterocycles. The fraction of sp³-hybridized carbons (Fsp3) is 0.200. The van der Waals surface area contributed by atoms with Gasteiger partial charge in [-0.3, -0.25) is 4.79 Å². The Morgan fingerprint density at radius 1 is 1.53 bits per heavy atom. The molecule has 0 spiro atoms. The number of nitrogens with one attached hydrogen (secondary N) is 2. The van der Waals surface area contributed by atoms with E-state index in [1.54, 1.807) is 5.38 Å². The number of aryl methyl sites for hydroxylation is 1. The van der Waals surface area contributed by atoms with Gasteiger partial charge in [0.05, 0.1) is 22.1 Å². The van der Waals surface area contributed by atoms with Gasteiger partial charge < -0.3 is 4.98 Å². The molecule has 19 heavy (non-hydrogen) atoms. The maximum atomic E-state index is 12.0. The second-order valence-electron chi connectivity index (χ2n) is 3.69. The van der Waals surface area contributed by atoms with Crippen LogP contribution in [0, 0.1) is 6.92 Å². The van der Waals surface area contributed by atoms with Gasteiger partial charge in [-0.2, -0.15) is 0 Å². The maximum absolute atomic E-state index is 12.0. The monoisotopic (exact) mass is 319 g/mol. The van der Waals surface area contributed by atoms with Gasteiger partial charge in [-0.1, -0.05) is 11.6 Å². The van der Waals surface area contributed by atoms with Crippen LogP contribution in [0.25, 0.3) is 0 Å². The fourth-order valence-electron chi connectivity index (χ4n) is 1.33. The normalized spacial score (nSPS) is 11.7. The maximum Gasteiger partial charge on any atom is 0.266 e. The summed E-state index contributed by atoms with van der Waals surface area (Å²) >= 11 is 7.03. The molecule has 0 aliphatic rings. The first-order valence-electron chi connectivity index (χ1n) is 5.17. The summed E-state index contributed by atoms with van der Waals surface area (Å²) in [7, 11) is -3.73. The van der Waals surface area contributed by atoms with Crippen LogP contribution in [0.15, 0.2) is 27.3 Å². The number of hydrogen-bond donors (Lipinski definition) is 2. The van der Waals surface area contributed by atoms with Crippen LogP contribution >= 0.6 is 22.9 Å². The highest BCUT2D eigenvalue weighted by molar-refractivity contribution is 7.89. The Balaban J connectivity index is 2.18. The number of pyridine rings is 1. The third-order valence-corrected chi connectivity index (χ3v) is 4.74. The van der Waals surface area contributed by atoms with Crippen molar-refractivity contribution in [1.82, 2.24) is 14.7 Å². The van der Waals surface area contributed by atoms with Crippen molar-refractivity contribution in [3.05, 3.63) is 43.7 Å². The Labute approximate surface area is 118 Å². The van der Waals surface area contributed by atoms with Crippen LogP contribution in [0.3, 0.4) is 0 Å². The Bertz CT molecular complexity index is 751. The van der Waals surface area contributed by atoms with E-state index in [0.29, 0.717) is 5.69 Å². The van der Waals surface area contributed by atoms with Gasteiger partial charge in [-0.25, -0.2) is 18.1 Å². The van der Waals surface area contributed by atoms with Gasteiger partial charge in [0.25, 0.3) is 5.56 Å². The van der Waals surface area contributed by atoms with Crippen molar-refractivity contribution in [2.75, 3.05) is 0 Å². The molecule has 0 aliphatic carbocycles. The highest BCUT2D eigenvalue weighted by atomic mass is 35.5. The first-order chi connectivity index (χ1) is 8.88. The van der Waals surface area contributed by atoms with Crippen LogP contribution in [0.4, 0.5) is 0 Å². The van der Waals surface area contributed by atoms with Gasteiger partial charge in [0.2, 0.25) is 10.0 Å². The van der Waals surface area contributed by atoms with E-state index in [1.807, 2.05) is 6.92 Å². The Kier molecular flexibility index (Phi) is 4.04. The van der Waals surface area contributed by atoms with Crippen molar-refractivity contribution in [3.8, 4) is 0 Å². The molecule has 0 bridgehead atoms. The van der Waals surface area contributed by atoms with E-state index in [2.05, 4.69) is 14.7 Å². The molecule has 2 N–H and O–H groups in total. The van der Waals surface area contributed by atoms with Crippen molar-refractivity contribution in [1.29, 1.82) is 0 Å². The molecule has 0 unspecified atom stereocenters. The van der Waals surface area contributed by atoms with Crippen molar-refractivity contribution >= 4 is 33.0 Å². The third kappa shape index (κ3) is 3.41. The van der Waals surface area contributed by atoms with E-state index in [0.717, 1.165) is 17.3 Å². The van der Waals surface area contributed by atoms with Crippen LogP contribution < -0.4 is 10.3 Å². The molecule has 0 saturated carbocycles. The molecule has 0 fully saturated rings. The zero-order chi connectivity index (χ0) is 14.0. The largest absolute Gasteiger partial charge is 0.326 e. The van der Waals surface area contributed by atoms with Gasteiger partial charge in [0.15, 0.2) is 0 Å². The number of hydrogen-bond acceptors (Lipinski definition) is 5. The number of thiazole rings is 1. The van der Waals surface area contributed by atoms with Crippen LogP contribution in [0.1, 0.15) is 10.7 Å². The summed E-state index contributed by atoms with van der Waals surface area (Å²) in [5, 5.41) is 2.46. The van der Waals surface area contributed by atoms with E-state index in [9.17, 15) is 13.2 Å². The molecule has 0 radical (unpaired) electrons. The molecule has 102 valence electrons. The molecule has 0 amide bonds. The van der Waals surface area contributed by atoms with Crippen molar-refractivity contribution in [2.24, 2.45) is 0 Å². The standard InChI is InChI=1S/C10H10ClN3O3S2/c1-6-14-7(5-18-6)3-13-19(16,17)8-2-9(11)10(15)12-4-8/h2,4-5,13H,3H2,1H3,(H,12,15). The Hall–Kier alpha value is -1.22. The highest BCUT2D eigenvalue weighted by Crippen LogP contribution is 2.12. The van der Waals surface area contributed by atoms with Crippen LogP contribution in [-0.4, -0.2) is 18.4 Å². The van der Waals surface area contributed by atoms with Gasteiger partial charge >= 0.3 is 0 Å². The highest BCUT2D eigenvalue weighted by Gasteiger charge is 2.15. The Morgan fingerprint density at radius 2 is 2.26 bits per heavy atom. The molecule has 2 heterocycles. The molecule has 0 saturated heterocycles. The molecule has 0 atom stereocenters. The van der Waals surface area contributed by atoms with E-state index < -0.39 is 15.6 Å². The number of rotatable bonds is 4. The van der Waals surface area contributed by atoms with Gasteiger partial charge in [0.1, 0.15) is 5.02 Å². The van der Waals surface area contributed by atoms with Crippen molar-refractivity contribution < 1.29 is 8.42 Å². The summed E-state index contributed by atoms with van der Waals surface area (Å²) in [4.78, 5) is 17.4. The average Bonchev–Trinajstić information content (AvgIpc) is 2.76. The fourth-order valence-corrected chi connectivity index (χ4v) is 3.18. The van der Waals surface area contributed by atoms with E-state index in [1.165, 1.54) is 11.3 Å². The second kappa shape index (κ2) is 5.41. The van der Waals surface area contributed by atoms with E-state index in [-0.39, 0.29) is 16.5 Å². The minimum atomic E-state index is -3.73. The van der Waals surface area contributed by atoms with Crippen LogP contribution in [0.5, 0.6) is 0 Å². The zero-order valence-corrected chi connectivity index (χ0v) is 12.2. The second-order valence-corrected chi connectivity index (χ2v) is 6.93. The molecule has 0 aromatic carbocycles. The SMILES string of the molecule is Cc1nc(CNS(=O)(=O)c2c[nH]c(=O)c(Cl)c2)cs1. The number of aromatic amines is 1. The lowest BCUT2D eigenvalue weighted by molar-refractivity contribution is 0.580. The zero-order valence-electron chi connectivity index (χ0n) is 9.81. The minimum Gasteiger partial charge on any atom is -0.326 e. The van der Waals surface area contributed by atoms with E-state index in [4.69, 9.17) is 11.6 Å². The summed E-state index contributed by atoms with van der Waals surface area (Å²) in [5.74, 6) is 0. The molecular formula is C10H10ClN3O3S2. The topological polar surface area (TPSA) is 91.9 Å². The molecule has 2 aromatic rings. The number of nitrogens with zero attached hydrogens (tertiary/aromatic N) is 1. The average molecular weight is 320 g/mol. The summed E-state index contributed by atoms with van der Waals surface area (Å²) in [5.41, 5.74) is 0.109. The number of halogens is 1. The summed E-state index contributed by atoms with van der Waals surface area (Å²) in [6.45, 7) is 1.92. The summed E-state index contributed by atoms with van der Waals surface area (Å²) in [6, 6.07) is 1.11. The molecule has 6 nitrogen and oxygen atoms in total. The van der Waals surface area contributed by atoms with Gasteiger partial charge in [0, 0.05) is 11.6 Å². The number of H-pyrrole nitrogens is 1. The molecule has 9 heteroatoms. The van der Waals surface area contributed by atoms with Crippen LogP contribution in [0.2, 0.25) is 5.02 Å². The Morgan fingerprint density at radius 3 is 2.84 bits per heavy atom. The van der Waals surface area contributed by atoms with Crippen LogP contribution in [-0.2, 0) is 16.6 Å². The lowest BCUT2D eigenvalue weighted by Gasteiger charge is -2.05. The molecule has 2 rings (SSSR count). The predicted molar refractivity (Wildman–Crippen MR) is 72.9 cm³/mol. The van der Waals surface area contributed by atoms with Crippen molar-refractivity contribution in [3.63, 3.8) is 0 Å². The third-order valence-electron chi connectivity index (χ3n) is 2.25.